The number of ether oxygens (including phenoxy) is 1. The summed E-state index contributed by atoms with van der Waals surface area (Å²) in [5.41, 5.74) is 0.490. The first-order valence-corrected chi connectivity index (χ1v) is 5.48. The number of halogens is 1. The van der Waals surface area contributed by atoms with Gasteiger partial charge in [0.05, 0.1) is 24.4 Å². The molecule has 1 aromatic carbocycles. The van der Waals surface area contributed by atoms with Crippen LogP contribution in [0.3, 0.4) is 0 Å². The highest BCUT2D eigenvalue weighted by Crippen LogP contribution is 2.23. The van der Waals surface area contributed by atoms with Crippen LogP contribution in [0.2, 0.25) is 0 Å². The third-order valence-electron chi connectivity index (χ3n) is 2.27. The van der Waals surface area contributed by atoms with Crippen molar-refractivity contribution < 1.29 is 18.3 Å². The van der Waals surface area contributed by atoms with Crippen molar-refractivity contribution in [2.75, 3.05) is 6.61 Å². The molecule has 1 heterocycles. The fourth-order valence-corrected chi connectivity index (χ4v) is 1.49. The number of oxazole rings is 1. The standard InChI is InChI=1S/C13H9FN2O3/c1-2-18-13(17)12-16-7-11(19-12)9-3-8(6-15)4-10(14)5-9/h3-5,7H,2H2,1H3. The topological polar surface area (TPSA) is 76.1 Å². The Morgan fingerprint density at radius 2 is 2.32 bits per heavy atom. The van der Waals surface area contributed by atoms with Crippen LogP contribution in [-0.4, -0.2) is 17.6 Å². The zero-order chi connectivity index (χ0) is 13.8. The van der Waals surface area contributed by atoms with Crippen LogP contribution in [-0.2, 0) is 4.74 Å². The second-order valence-electron chi connectivity index (χ2n) is 3.59. The summed E-state index contributed by atoms with van der Waals surface area (Å²) in [5, 5.41) is 8.76. The van der Waals surface area contributed by atoms with Crippen molar-refractivity contribution in [2.45, 2.75) is 6.92 Å². The summed E-state index contributed by atoms with van der Waals surface area (Å²) in [7, 11) is 0. The highest BCUT2D eigenvalue weighted by molar-refractivity contribution is 5.84. The van der Waals surface area contributed by atoms with Gasteiger partial charge < -0.3 is 9.15 Å². The number of nitrogens with zero attached hydrogens (tertiary/aromatic N) is 2. The summed E-state index contributed by atoms with van der Waals surface area (Å²) in [6.45, 7) is 1.86. The van der Waals surface area contributed by atoms with Gasteiger partial charge in [-0.3, -0.25) is 0 Å². The lowest BCUT2D eigenvalue weighted by Gasteiger charge is -1.98. The molecule has 6 heteroatoms. The van der Waals surface area contributed by atoms with Crippen LogP contribution in [0, 0.1) is 17.1 Å². The Morgan fingerprint density at radius 1 is 1.53 bits per heavy atom. The molecule has 2 aromatic rings. The summed E-state index contributed by atoms with van der Waals surface area (Å²) in [5.74, 6) is -1.27. The van der Waals surface area contributed by atoms with Crippen LogP contribution in [0.5, 0.6) is 0 Å². The molecule has 0 saturated heterocycles. The molecule has 5 nitrogen and oxygen atoms in total. The van der Waals surface area contributed by atoms with E-state index in [0.717, 1.165) is 6.07 Å². The van der Waals surface area contributed by atoms with E-state index in [0.29, 0.717) is 5.56 Å². The molecule has 0 aliphatic rings. The second-order valence-corrected chi connectivity index (χ2v) is 3.59. The number of carbonyl (C=O) groups is 1. The molecule has 0 N–H and O–H groups in total. The van der Waals surface area contributed by atoms with Gasteiger partial charge in [-0.15, -0.1) is 0 Å². The van der Waals surface area contributed by atoms with E-state index in [1.165, 1.54) is 18.3 Å². The first-order chi connectivity index (χ1) is 9.13. The van der Waals surface area contributed by atoms with Crippen molar-refractivity contribution in [1.82, 2.24) is 4.98 Å². The zero-order valence-corrected chi connectivity index (χ0v) is 10.0. The molecule has 0 bridgehead atoms. The van der Waals surface area contributed by atoms with Gasteiger partial charge in [-0.25, -0.2) is 14.2 Å². The number of hydrogen-bond donors (Lipinski definition) is 0. The lowest BCUT2D eigenvalue weighted by Crippen LogP contribution is -2.04. The molecule has 19 heavy (non-hydrogen) atoms. The quantitative estimate of drug-likeness (QED) is 0.792. The Kier molecular flexibility index (Phi) is 3.57. The fraction of sp³-hybridized carbons (Fsp3) is 0.154. The normalized spacial score (nSPS) is 9.95. The number of aromatic nitrogens is 1. The lowest BCUT2D eigenvalue weighted by atomic mass is 10.1. The SMILES string of the molecule is CCOC(=O)c1ncc(-c2cc(F)cc(C#N)c2)o1. The van der Waals surface area contributed by atoms with Gasteiger partial charge in [-0.05, 0) is 25.1 Å². The maximum atomic E-state index is 13.3. The predicted octanol–water partition coefficient (Wildman–Crippen LogP) is 2.53. The van der Waals surface area contributed by atoms with Gasteiger partial charge in [-0.1, -0.05) is 0 Å². The van der Waals surface area contributed by atoms with Crippen LogP contribution in [0.15, 0.2) is 28.8 Å². The second kappa shape index (κ2) is 5.31. The highest BCUT2D eigenvalue weighted by atomic mass is 19.1. The summed E-state index contributed by atoms with van der Waals surface area (Å²) in [6, 6.07) is 5.57. The molecule has 0 aliphatic heterocycles. The van der Waals surface area contributed by atoms with Crippen LogP contribution in [0.4, 0.5) is 4.39 Å². The van der Waals surface area contributed by atoms with Gasteiger partial charge in [0.15, 0.2) is 5.76 Å². The van der Waals surface area contributed by atoms with Crippen molar-refractivity contribution in [2.24, 2.45) is 0 Å². The molecule has 0 aliphatic carbocycles. The number of esters is 1. The molecular formula is C13H9FN2O3. The minimum atomic E-state index is -0.689. The van der Waals surface area contributed by atoms with E-state index in [4.69, 9.17) is 14.4 Å². The van der Waals surface area contributed by atoms with Crippen LogP contribution < -0.4 is 0 Å². The lowest BCUT2D eigenvalue weighted by molar-refractivity contribution is 0.0482. The number of rotatable bonds is 3. The van der Waals surface area contributed by atoms with E-state index in [9.17, 15) is 9.18 Å². The van der Waals surface area contributed by atoms with Crippen molar-refractivity contribution in [3.05, 3.63) is 41.7 Å². The van der Waals surface area contributed by atoms with Gasteiger partial charge in [-0.2, -0.15) is 5.26 Å². The summed E-state index contributed by atoms with van der Waals surface area (Å²) in [6.07, 6.45) is 1.28. The van der Waals surface area contributed by atoms with Gasteiger partial charge in [0.2, 0.25) is 0 Å². The monoisotopic (exact) mass is 260 g/mol. The van der Waals surface area contributed by atoms with Crippen LogP contribution >= 0.6 is 0 Å². The largest absolute Gasteiger partial charge is 0.459 e. The van der Waals surface area contributed by atoms with E-state index in [1.807, 2.05) is 6.07 Å². The molecule has 0 atom stereocenters. The number of benzene rings is 1. The smallest absolute Gasteiger partial charge is 0.394 e. The van der Waals surface area contributed by atoms with Crippen molar-refractivity contribution >= 4 is 5.97 Å². The van der Waals surface area contributed by atoms with Gasteiger partial charge in [0, 0.05) is 5.56 Å². The minimum Gasteiger partial charge on any atom is -0.459 e. The zero-order valence-electron chi connectivity index (χ0n) is 10.0. The van der Waals surface area contributed by atoms with Gasteiger partial charge in [0.25, 0.3) is 0 Å². The number of nitriles is 1. The van der Waals surface area contributed by atoms with Gasteiger partial charge >= 0.3 is 11.9 Å². The predicted molar refractivity (Wildman–Crippen MR) is 62.6 cm³/mol. The third kappa shape index (κ3) is 2.77. The van der Waals surface area contributed by atoms with Crippen LogP contribution in [0.25, 0.3) is 11.3 Å². The van der Waals surface area contributed by atoms with Crippen molar-refractivity contribution in [1.29, 1.82) is 5.26 Å². The average molecular weight is 260 g/mol. The Morgan fingerprint density at radius 3 is 3.00 bits per heavy atom. The molecule has 96 valence electrons. The van der Waals surface area contributed by atoms with Crippen molar-refractivity contribution in [3.8, 4) is 17.4 Å². The minimum absolute atomic E-state index is 0.157. The molecule has 0 radical (unpaired) electrons. The molecule has 2 rings (SSSR count). The van der Waals surface area contributed by atoms with Crippen molar-refractivity contribution in [3.63, 3.8) is 0 Å². The molecule has 0 fully saturated rings. The first-order valence-electron chi connectivity index (χ1n) is 5.48. The average Bonchev–Trinajstić information content (AvgIpc) is 2.88. The fourth-order valence-electron chi connectivity index (χ4n) is 1.49. The number of carbonyl (C=O) groups excluding carboxylic acids is 1. The third-order valence-corrected chi connectivity index (χ3v) is 2.27. The van der Waals surface area contributed by atoms with E-state index < -0.39 is 11.8 Å². The van der Waals surface area contributed by atoms with Crippen LogP contribution in [0.1, 0.15) is 23.2 Å². The Bertz CT molecular complexity index is 658. The first kappa shape index (κ1) is 12.8. The molecule has 1 aromatic heterocycles. The molecule has 0 spiro atoms. The summed E-state index contributed by atoms with van der Waals surface area (Å²) in [4.78, 5) is 15.1. The molecule has 0 amide bonds. The maximum Gasteiger partial charge on any atom is 0.394 e. The Hall–Kier alpha value is -2.68. The van der Waals surface area contributed by atoms with E-state index >= 15 is 0 Å². The Labute approximate surface area is 108 Å². The molecular weight excluding hydrogens is 251 g/mol. The molecule has 0 unspecified atom stereocenters. The highest BCUT2D eigenvalue weighted by Gasteiger charge is 2.15. The van der Waals surface area contributed by atoms with E-state index in [1.54, 1.807) is 6.92 Å². The number of hydrogen-bond acceptors (Lipinski definition) is 5. The maximum absolute atomic E-state index is 13.3. The molecule has 0 saturated carbocycles. The summed E-state index contributed by atoms with van der Waals surface area (Å²) < 4.78 is 23.2. The van der Waals surface area contributed by atoms with E-state index in [2.05, 4.69) is 4.98 Å². The van der Waals surface area contributed by atoms with Gasteiger partial charge in [0.1, 0.15) is 5.82 Å². The Balaban J connectivity index is 2.35. The summed E-state index contributed by atoms with van der Waals surface area (Å²) >= 11 is 0. The van der Waals surface area contributed by atoms with E-state index in [-0.39, 0.29) is 23.8 Å².